The van der Waals surface area contributed by atoms with Gasteiger partial charge in [0.25, 0.3) is 0 Å². The molecule has 1 aromatic rings. The van der Waals surface area contributed by atoms with E-state index >= 15 is 0 Å². The highest BCUT2D eigenvalue weighted by Crippen LogP contribution is 2.27. The van der Waals surface area contributed by atoms with Crippen molar-refractivity contribution in [3.05, 3.63) is 28.3 Å². The predicted octanol–water partition coefficient (Wildman–Crippen LogP) is 3.22. The fraction of sp³-hybridized carbons (Fsp3) is 0.500. The Bertz CT molecular complexity index is 313. The summed E-state index contributed by atoms with van der Waals surface area (Å²) in [6, 6.07) is 2.27. The lowest BCUT2D eigenvalue weighted by atomic mass is 9.96. The van der Waals surface area contributed by atoms with Crippen LogP contribution in [0, 0.1) is 20.8 Å². The van der Waals surface area contributed by atoms with Crippen molar-refractivity contribution in [2.24, 2.45) is 0 Å². The topological polar surface area (TPSA) is 12.0 Å². The molecule has 1 heteroatoms. The summed E-state index contributed by atoms with van der Waals surface area (Å²) < 4.78 is 0. The average molecular weight is 177 g/mol. The summed E-state index contributed by atoms with van der Waals surface area (Å²) in [5, 5.41) is 3.30. The fourth-order valence-electron chi connectivity index (χ4n) is 1.93. The summed E-state index contributed by atoms with van der Waals surface area (Å²) >= 11 is 0. The zero-order chi connectivity index (χ0) is 10.0. The maximum absolute atomic E-state index is 3.30. The number of benzene rings is 1. The quantitative estimate of drug-likeness (QED) is 0.731. The van der Waals surface area contributed by atoms with Crippen molar-refractivity contribution < 1.29 is 0 Å². The van der Waals surface area contributed by atoms with Crippen LogP contribution in [0.2, 0.25) is 0 Å². The first-order chi connectivity index (χ1) is 6.11. The highest BCUT2D eigenvalue weighted by molar-refractivity contribution is 5.62. The van der Waals surface area contributed by atoms with Crippen molar-refractivity contribution >= 4 is 5.69 Å². The number of hydrogen-bond donors (Lipinski definition) is 1. The van der Waals surface area contributed by atoms with E-state index < -0.39 is 0 Å². The van der Waals surface area contributed by atoms with E-state index in [1.54, 1.807) is 0 Å². The summed E-state index contributed by atoms with van der Waals surface area (Å²) in [7, 11) is 2.00. The Balaban J connectivity index is 3.41. The van der Waals surface area contributed by atoms with E-state index in [4.69, 9.17) is 0 Å². The zero-order valence-corrected chi connectivity index (χ0v) is 9.28. The smallest absolute Gasteiger partial charge is 0.0405 e. The lowest BCUT2D eigenvalue weighted by Gasteiger charge is -2.16. The van der Waals surface area contributed by atoms with Crippen molar-refractivity contribution in [1.29, 1.82) is 0 Å². The van der Waals surface area contributed by atoms with Gasteiger partial charge in [0.1, 0.15) is 0 Å². The molecule has 0 saturated carbocycles. The van der Waals surface area contributed by atoms with Crippen LogP contribution in [0.15, 0.2) is 6.07 Å². The summed E-state index contributed by atoms with van der Waals surface area (Å²) in [4.78, 5) is 0. The molecule has 0 atom stereocenters. The van der Waals surface area contributed by atoms with E-state index in [0.29, 0.717) is 0 Å². The molecule has 0 aliphatic rings. The highest BCUT2D eigenvalue weighted by Gasteiger charge is 2.07. The monoisotopic (exact) mass is 177 g/mol. The summed E-state index contributed by atoms with van der Waals surface area (Å²) in [5.74, 6) is 0. The second kappa shape index (κ2) is 3.82. The molecule has 1 N–H and O–H groups in total. The molecule has 1 aromatic carbocycles. The van der Waals surface area contributed by atoms with Gasteiger partial charge in [0.2, 0.25) is 0 Å². The van der Waals surface area contributed by atoms with Crippen molar-refractivity contribution in [1.82, 2.24) is 0 Å². The van der Waals surface area contributed by atoms with Crippen LogP contribution in [0.1, 0.15) is 29.2 Å². The third kappa shape index (κ3) is 1.69. The average Bonchev–Trinajstić information content (AvgIpc) is 2.10. The van der Waals surface area contributed by atoms with Crippen LogP contribution in [-0.4, -0.2) is 7.05 Å². The third-order valence-corrected chi connectivity index (χ3v) is 2.78. The predicted molar refractivity (Wildman–Crippen MR) is 59.6 cm³/mol. The SMILES string of the molecule is CCc1c(C)cc(C)c(C)c1NC. The zero-order valence-electron chi connectivity index (χ0n) is 9.28. The Kier molecular flexibility index (Phi) is 2.97. The van der Waals surface area contributed by atoms with Gasteiger partial charge in [-0.05, 0) is 49.4 Å². The molecule has 0 aromatic heterocycles. The van der Waals surface area contributed by atoms with Gasteiger partial charge in [0.05, 0.1) is 0 Å². The largest absolute Gasteiger partial charge is 0.388 e. The third-order valence-electron chi connectivity index (χ3n) is 2.78. The summed E-state index contributed by atoms with van der Waals surface area (Å²) in [6.45, 7) is 8.74. The van der Waals surface area contributed by atoms with Crippen LogP contribution in [0.4, 0.5) is 5.69 Å². The Labute approximate surface area is 81.2 Å². The Morgan fingerprint density at radius 3 is 2.23 bits per heavy atom. The van der Waals surface area contributed by atoms with Crippen LogP contribution < -0.4 is 5.32 Å². The van der Waals surface area contributed by atoms with Gasteiger partial charge in [-0.15, -0.1) is 0 Å². The van der Waals surface area contributed by atoms with Crippen molar-refractivity contribution in [3.8, 4) is 0 Å². The van der Waals surface area contributed by atoms with Gasteiger partial charge in [0, 0.05) is 12.7 Å². The van der Waals surface area contributed by atoms with Crippen molar-refractivity contribution in [3.63, 3.8) is 0 Å². The molecular weight excluding hydrogens is 158 g/mol. The van der Waals surface area contributed by atoms with Gasteiger partial charge in [-0.1, -0.05) is 13.0 Å². The second-order valence-electron chi connectivity index (χ2n) is 3.59. The maximum Gasteiger partial charge on any atom is 0.0405 e. The second-order valence-corrected chi connectivity index (χ2v) is 3.59. The minimum atomic E-state index is 1.10. The first-order valence-corrected chi connectivity index (χ1v) is 4.89. The van der Waals surface area contributed by atoms with E-state index in [9.17, 15) is 0 Å². The molecule has 1 nitrogen and oxygen atoms in total. The molecule has 1 rings (SSSR count). The molecule has 0 amide bonds. The minimum Gasteiger partial charge on any atom is -0.388 e. The molecule has 0 aliphatic heterocycles. The Morgan fingerprint density at radius 2 is 1.77 bits per heavy atom. The normalized spacial score (nSPS) is 10.2. The molecule has 0 spiro atoms. The van der Waals surface area contributed by atoms with Crippen LogP contribution in [0.5, 0.6) is 0 Å². The molecule has 0 radical (unpaired) electrons. The minimum absolute atomic E-state index is 1.10. The van der Waals surface area contributed by atoms with Crippen molar-refractivity contribution in [2.45, 2.75) is 34.1 Å². The van der Waals surface area contributed by atoms with E-state index in [-0.39, 0.29) is 0 Å². The van der Waals surface area contributed by atoms with Gasteiger partial charge >= 0.3 is 0 Å². The lowest BCUT2D eigenvalue weighted by molar-refractivity contribution is 1.09. The molecule has 0 unspecified atom stereocenters. The molecular formula is C12H19N. The van der Waals surface area contributed by atoms with Gasteiger partial charge in [0.15, 0.2) is 0 Å². The highest BCUT2D eigenvalue weighted by atomic mass is 14.8. The molecule has 0 saturated heterocycles. The van der Waals surface area contributed by atoms with E-state index in [1.165, 1.54) is 27.9 Å². The standard InChI is InChI=1S/C12H19N/c1-6-11-9(3)7-8(2)10(4)12(11)13-5/h7,13H,6H2,1-5H3. The van der Waals surface area contributed by atoms with E-state index in [1.807, 2.05) is 7.05 Å². The first-order valence-electron chi connectivity index (χ1n) is 4.89. The fourth-order valence-corrected chi connectivity index (χ4v) is 1.93. The number of anilines is 1. The van der Waals surface area contributed by atoms with Crippen LogP contribution in [0.25, 0.3) is 0 Å². The molecule has 0 aliphatic carbocycles. The van der Waals surface area contributed by atoms with Crippen LogP contribution >= 0.6 is 0 Å². The van der Waals surface area contributed by atoms with Gasteiger partial charge < -0.3 is 5.32 Å². The number of rotatable bonds is 2. The number of nitrogens with one attached hydrogen (secondary N) is 1. The first kappa shape index (κ1) is 10.1. The molecule has 0 fully saturated rings. The van der Waals surface area contributed by atoms with Gasteiger partial charge in [-0.25, -0.2) is 0 Å². The van der Waals surface area contributed by atoms with Gasteiger partial charge in [-0.2, -0.15) is 0 Å². The summed E-state index contributed by atoms with van der Waals surface area (Å²) in [5.41, 5.74) is 6.92. The van der Waals surface area contributed by atoms with Gasteiger partial charge in [-0.3, -0.25) is 0 Å². The van der Waals surface area contributed by atoms with E-state index in [2.05, 4.69) is 39.1 Å². The summed E-state index contributed by atoms with van der Waals surface area (Å²) in [6.07, 6.45) is 1.10. The van der Waals surface area contributed by atoms with Crippen LogP contribution in [0.3, 0.4) is 0 Å². The maximum atomic E-state index is 3.30. The molecule has 72 valence electrons. The molecule has 0 heterocycles. The van der Waals surface area contributed by atoms with Crippen LogP contribution in [-0.2, 0) is 6.42 Å². The van der Waals surface area contributed by atoms with E-state index in [0.717, 1.165) is 6.42 Å². The lowest BCUT2D eigenvalue weighted by Crippen LogP contribution is -2.01. The number of hydrogen-bond acceptors (Lipinski definition) is 1. The van der Waals surface area contributed by atoms with Crippen molar-refractivity contribution in [2.75, 3.05) is 12.4 Å². The number of aryl methyl sites for hydroxylation is 2. The molecule has 13 heavy (non-hydrogen) atoms. The Morgan fingerprint density at radius 1 is 1.15 bits per heavy atom. The Hall–Kier alpha value is -0.980. The molecule has 0 bridgehead atoms.